The first-order valence-electron chi connectivity index (χ1n) is 5.72. The summed E-state index contributed by atoms with van der Waals surface area (Å²) in [4.78, 5) is 13.5. The maximum absolute atomic E-state index is 11.7. The SMILES string of the molecule is Cc1cc(C#CCO)cc(N2CCCC2=O)c1. The van der Waals surface area contributed by atoms with E-state index in [-0.39, 0.29) is 12.5 Å². The standard InChI is InChI=1S/C14H15NO2/c1-11-8-12(4-3-7-16)10-13(9-11)15-6-2-5-14(15)17/h8-10,16H,2,5-7H2,1H3. The summed E-state index contributed by atoms with van der Waals surface area (Å²) in [7, 11) is 0. The van der Waals surface area contributed by atoms with Crippen molar-refractivity contribution < 1.29 is 9.90 Å². The fourth-order valence-electron chi connectivity index (χ4n) is 2.05. The Morgan fingerprint density at radius 3 is 2.88 bits per heavy atom. The van der Waals surface area contributed by atoms with Gasteiger partial charge >= 0.3 is 0 Å². The molecule has 1 N–H and O–H groups in total. The third-order valence-electron chi connectivity index (χ3n) is 2.76. The van der Waals surface area contributed by atoms with E-state index in [0.29, 0.717) is 6.42 Å². The van der Waals surface area contributed by atoms with E-state index in [1.165, 1.54) is 0 Å². The summed E-state index contributed by atoms with van der Waals surface area (Å²) in [6.45, 7) is 2.62. The molecule has 1 aliphatic heterocycles. The van der Waals surface area contributed by atoms with Crippen LogP contribution >= 0.6 is 0 Å². The highest BCUT2D eigenvalue weighted by molar-refractivity contribution is 5.95. The Morgan fingerprint density at radius 1 is 1.41 bits per heavy atom. The van der Waals surface area contributed by atoms with E-state index in [4.69, 9.17) is 5.11 Å². The van der Waals surface area contributed by atoms with Gasteiger partial charge in [0.15, 0.2) is 0 Å². The number of nitrogens with zero attached hydrogens (tertiary/aromatic N) is 1. The van der Waals surface area contributed by atoms with E-state index < -0.39 is 0 Å². The smallest absolute Gasteiger partial charge is 0.227 e. The van der Waals surface area contributed by atoms with Gasteiger partial charge in [-0.1, -0.05) is 11.8 Å². The molecule has 1 aliphatic rings. The van der Waals surface area contributed by atoms with Gasteiger partial charge in [-0.05, 0) is 37.1 Å². The molecule has 0 unspecified atom stereocenters. The van der Waals surface area contributed by atoms with Crippen molar-refractivity contribution in [2.75, 3.05) is 18.1 Å². The summed E-state index contributed by atoms with van der Waals surface area (Å²) in [6, 6.07) is 5.85. The van der Waals surface area contributed by atoms with Crippen LogP contribution < -0.4 is 4.90 Å². The van der Waals surface area contributed by atoms with Crippen LogP contribution in [0.25, 0.3) is 0 Å². The Kier molecular flexibility index (Phi) is 3.46. The topological polar surface area (TPSA) is 40.5 Å². The number of anilines is 1. The average Bonchev–Trinajstić information content (AvgIpc) is 2.72. The van der Waals surface area contributed by atoms with E-state index in [2.05, 4.69) is 11.8 Å². The molecule has 3 nitrogen and oxygen atoms in total. The van der Waals surface area contributed by atoms with E-state index in [1.54, 1.807) is 4.90 Å². The van der Waals surface area contributed by atoms with Crippen molar-refractivity contribution in [3.63, 3.8) is 0 Å². The Bertz CT molecular complexity index is 497. The highest BCUT2D eigenvalue weighted by Crippen LogP contribution is 2.23. The highest BCUT2D eigenvalue weighted by Gasteiger charge is 2.21. The molecule has 1 heterocycles. The van der Waals surface area contributed by atoms with Gasteiger partial charge in [0.2, 0.25) is 5.91 Å². The lowest BCUT2D eigenvalue weighted by Gasteiger charge is -2.16. The lowest BCUT2D eigenvalue weighted by molar-refractivity contribution is -0.117. The van der Waals surface area contributed by atoms with Gasteiger partial charge in [0.05, 0.1) is 0 Å². The zero-order chi connectivity index (χ0) is 12.3. The van der Waals surface area contributed by atoms with Gasteiger partial charge in [0.25, 0.3) is 0 Å². The molecule has 2 rings (SSSR count). The van der Waals surface area contributed by atoms with Gasteiger partial charge in [0.1, 0.15) is 6.61 Å². The van der Waals surface area contributed by atoms with Crippen LogP contribution in [0.2, 0.25) is 0 Å². The molecule has 17 heavy (non-hydrogen) atoms. The van der Waals surface area contributed by atoms with Crippen molar-refractivity contribution in [1.29, 1.82) is 0 Å². The maximum Gasteiger partial charge on any atom is 0.227 e. The largest absolute Gasteiger partial charge is 0.384 e. The Balaban J connectivity index is 2.34. The van der Waals surface area contributed by atoms with Crippen molar-refractivity contribution in [3.05, 3.63) is 29.3 Å². The Morgan fingerprint density at radius 2 is 2.24 bits per heavy atom. The monoisotopic (exact) mass is 229 g/mol. The molecule has 0 spiro atoms. The van der Waals surface area contributed by atoms with Crippen LogP contribution in [0, 0.1) is 18.8 Å². The summed E-state index contributed by atoms with van der Waals surface area (Å²) >= 11 is 0. The predicted molar refractivity (Wildman–Crippen MR) is 66.7 cm³/mol. The van der Waals surface area contributed by atoms with Crippen molar-refractivity contribution in [2.24, 2.45) is 0 Å². The molecule has 3 heteroatoms. The first-order valence-corrected chi connectivity index (χ1v) is 5.72. The number of rotatable bonds is 1. The van der Waals surface area contributed by atoms with Crippen LogP contribution in [0.3, 0.4) is 0 Å². The number of carbonyl (C=O) groups is 1. The molecule has 88 valence electrons. The lowest BCUT2D eigenvalue weighted by atomic mass is 10.1. The predicted octanol–water partition coefficient (Wildman–Crippen LogP) is 1.47. The number of hydrogen-bond donors (Lipinski definition) is 1. The van der Waals surface area contributed by atoms with E-state index in [0.717, 1.165) is 29.8 Å². The van der Waals surface area contributed by atoms with Crippen LogP contribution in [0.4, 0.5) is 5.69 Å². The van der Waals surface area contributed by atoms with Gasteiger partial charge in [0, 0.05) is 24.2 Å². The first kappa shape index (κ1) is 11.7. The van der Waals surface area contributed by atoms with Crippen molar-refractivity contribution >= 4 is 11.6 Å². The molecule has 0 bridgehead atoms. The summed E-state index contributed by atoms with van der Waals surface area (Å²) in [6.07, 6.45) is 1.55. The Labute approximate surface area is 101 Å². The summed E-state index contributed by atoms with van der Waals surface area (Å²) in [5, 5.41) is 8.68. The van der Waals surface area contributed by atoms with Gasteiger partial charge in [-0.2, -0.15) is 0 Å². The number of aryl methyl sites for hydroxylation is 1. The minimum Gasteiger partial charge on any atom is -0.384 e. The third-order valence-corrected chi connectivity index (χ3v) is 2.76. The van der Waals surface area contributed by atoms with E-state index in [1.807, 2.05) is 25.1 Å². The average molecular weight is 229 g/mol. The number of carbonyl (C=O) groups excluding carboxylic acids is 1. The molecule has 1 fully saturated rings. The summed E-state index contributed by atoms with van der Waals surface area (Å²) in [5.41, 5.74) is 2.83. The summed E-state index contributed by atoms with van der Waals surface area (Å²) in [5.74, 6) is 5.68. The van der Waals surface area contributed by atoms with Gasteiger partial charge in [-0.15, -0.1) is 0 Å². The second kappa shape index (κ2) is 5.03. The first-order chi connectivity index (χ1) is 8.20. The number of aliphatic hydroxyl groups excluding tert-OH is 1. The molecule has 1 aromatic carbocycles. The van der Waals surface area contributed by atoms with Crippen LogP contribution in [0.1, 0.15) is 24.0 Å². The van der Waals surface area contributed by atoms with Crippen LogP contribution in [-0.2, 0) is 4.79 Å². The number of amides is 1. The number of hydrogen-bond acceptors (Lipinski definition) is 2. The molecule has 0 saturated carbocycles. The fourth-order valence-corrected chi connectivity index (χ4v) is 2.05. The minimum absolute atomic E-state index is 0.147. The second-order valence-electron chi connectivity index (χ2n) is 4.17. The molecule has 1 saturated heterocycles. The maximum atomic E-state index is 11.7. The lowest BCUT2D eigenvalue weighted by Crippen LogP contribution is -2.23. The third kappa shape index (κ3) is 2.66. The van der Waals surface area contributed by atoms with Gasteiger partial charge in [-0.25, -0.2) is 0 Å². The molecule has 0 aromatic heterocycles. The zero-order valence-electron chi connectivity index (χ0n) is 9.86. The normalized spacial score (nSPS) is 14.7. The van der Waals surface area contributed by atoms with Crippen LogP contribution in [0.5, 0.6) is 0 Å². The summed E-state index contributed by atoms with van der Waals surface area (Å²) < 4.78 is 0. The molecule has 0 radical (unpaired) electrons. The van der Waals surface area contributed by atoms with E-state index in [9.17, 15) is 4.79 Å². The van der Waals surface area contributed by atoms with Crippen LogP contribution in [-0.4, -0.2) is 24.2 Å². The van der Waals surface area contributed by atoms with Gasteiger partial charge < -0.3 is 10.0 Å². The van der Waals surface area contributed by atoms with Crippen LogP contribution in [0.15, 0.2) is 18.2 Å². The van der Waals surface area contributed by atoms with Crippen molar-refractivity contribution in [1.82, 2.24) is 0 Å². The molecule has 0 atom stereocenters. The number of benzene rings is 1. The minimum atomic E-state index is -0.147. The van der Waals surface area contributed by atoms with Crippen molar-refractivity contribution in [2.45, 2.75) is 19.8 Å². The second-order valence-corrected chi connectivity index (χ2v) is 4.17. The molecular formula is C14H15NO2. The molecule has 1 aromatic rings. The molecular weight excluding hydrogens is 214 g/mol. The zero-order valence-corrected chi connectivity index (χ0v) is 9.86. The van der Waals surface area contributed by atoms with Gasteiger partial charge in [-0.3, -0.25) is 4.79 Å². The fraction of sp³-hybridized carbons (Fsp3) is 0.357. The van der Waals surface area contributed by atoms with Crippen molar-refractivity contribution in [3.8, 4) is 11.8 Å². The number of aliphatic hydroxyl groups is 1. The molecule has 1 amide bonds. The van der Waals surface area contributed by atoms with E-state index >= 15 is 0 Å². The quantitative estimate of drug-likeness (QED) is 0.741. The Hall–Kier alpha value is -1.79. The highest BCUT2D eigenvalue weighted by atomic mass is 16.2. The molecule has 0 aliphatic carbocycles.